The summed E-state index contributed by atoms with van der Waals surface area (Å²) in [5.41, 5.74) is 0. The number of carbonyl (C=O) groups is 4. The minimum atomic E-state index is -0.374. The first-order valence-corrected chi connectivity index (χ1v) is 14.8. The van der Waals surface area contributed by atoms with E-state index >= 15 is 0 Å². The number of hydrogen-bond acceptors (Lipinski definition) is 10. The third kappa shape index (κ3) is 8.15. The number of phenolic OH excluding ortho intramolecular Hbond substituents is 2. The molecule has 0 aromatic heterocycles. The van der Waals surface area contributed by atoms with Crippen molar-refractivity contribution in [3.05, 3.63) is 72.8 Å². The monoisotopic (exact) mass is 602 g/mol. The molecule has 3 aromatic rings. The van der Waals surface area contributed by atoms with Gasteiger partial charge in [-0.3, -0.25) is 19.2 Å². The summed E-state index contributed by atoms with van der Waals surface area (Å²) in [6.45, 7) is 0. The van der Waals surface area contributed by atoms with Gasteiger partial charge in [0.15, 0.2) is 0 Å². The molecule has 2 fully saturated rings. The van der Waals surface area contributed by atoms with Crippen LogP contribution in [-0.2, 0) is 19.2 Å². The molecule has 5 rings (SSSR count). The molecule has 0 spiro atoms. The van der Waals surface area contributed by atoms with Gasteiger partial charge in [0.1, 0.15) is 34.5 Å². The number of ether oxygens (including phenoxy) is 4. The lowest BCUT2D eigenvalue weighted by Crippen LogP contribution is -2.30. The van der Waals surface area contributed by atoms with Gasteiger partial charge in [-0.05, 0) is 124 Å². The lowest BCUT2D eigenvalue weighted by molar-refractivity contribution is -0.145. The number of phenols is 2. The molecule has 0 heterocycles. The van der Waals surface area contributed by atoms with Crippen molar-refractivity contribution in [1.82, 2.24) is 0 Å². The molecule has 0 amide bonds. The first kappa shape index (κ1) is 30.6. The highest BCUT2D eigenvalue weighted by molar-refractivity contribution is 5.79. The van der Waals surface area contributed by atoms with Crippen LogP contribution in [0.4, 0.5) is 0 Å². The fraction of sp³-hybridized carbons (Fsp3) is 0.353. The Bertz CT molecular complexity index is 1330. The van der Waals surface area contributed by atoms with E-state index in [1.807, 2.05) is 0 Å². The second-order valence-corrected chi connectivity index (χ2v) is 11.2. The van der Waals surface area contributed by atoms with E-state index in [0.29, 0.717) is 74.4 Å². The third-order valence-corrected chi connectivity index (χ3v) is 8.16. The Kier molecular flexibility index (Phi) is 9.79. The van der Waals surface area contributed by atoms with Gasteiger partial charge in [0, 0.05) is 0 Å². The topological polar surface area (TPSA) is 146 Å². The molecule has 10 nitrogen and oxygen atoms in total. The molecule has 0 aliphatic heterocycles. The van der Waals surface area contributed by atoms with Crippen molar-refractivity contribution in [3.8, 4) is 34.5 Å². The Morgan fingerprint density at radius 1 is 0.386 bits per heavy atom. The van der Waals surface area contributed by atoms with E-state index < -0.39 is 0 Å². The smallest absolute Gasteiger partial charge is 0.314 e. The molecule has 2 aliphatic carbocycles. The molecular formula is C34H34O10. The molecule has 2 saturated carbocycles. The van der Waals surface area contributed by atoms with Crippen LogP contribution >= 0.6 is 0 Å². The second kappa shape index (κ2) is 14.1. The van der Waals surface area contributed by atoms with E-state index in [1.54, 1.807) is 24.3 Å². The van der Waals surface area contributed by atoms with Crippen LogP contribution in [0.1, 0.15) is 51.4 Å². The number of esters is 4. The highest BCUT2D eigenvalue weighted by atomic mass is 16.5. The van der Waals surface area contributed by atoms with Crippen molar-refractivity contribution in [3.63, 3.8) is 0 Å². The first-order valence-electron chi connectivity index (χ1n) is 14.8. The molecule has 10 heteroatoms. The molecule has 44 heavy (non-hydrogen) atoms. The maximum absolute atomic E-state index is 12.7. The highest BCUT2D eigenvalue weighted by Gasteiger charge is 2.33. The summed E-state index contributed by atoms with van der Waals surface area (Å²) in [5.74, 6) is -1.19. The van der Waals surface area contributed by atoms with Crippen molar-refractivity contribution in [2.24, 2.45) is 23.7 Å². The van der Waals surface area contributed by atoms with Gasteiger partial charge < -0.3 is 29.2 Å². The van der Waals surface area contributed by atoms with Crippen LogP contribution in [0.2, 0.25) is 0 Å². The van der Waals surface area contributed by atoms with Crippen molar-refractivity contribution in [2.75, 3.05) is 0 Å². The predicted molar refractivity (Wildman–Crippen MR) is 156 cm³/mol. The Labute approximate surface area is 254 Å². The lowest BCUT2D eigenvalue weighted by atomic mass is 9.82. The molecule has 0 saturated heterocycles. The van der Waals surface area contributed by atoms with E-state index in [4.69, 9.17) is 18.9 Å². The maximum atomic E-state index is 12.7. The average Bonchev–Trinajstić information content (AvgIpc) is 3.04. The first-order chi connectivity index (χ1) is 21.2. The molecule has 0 unspecified atom stereocenters. The van der Waals surface area contributed by atoms with Gasteiger partial charge in [0.25, 0.3) is 0 Å². The van der Waals surface area contributed by atoms with Crippen molar-refractivity contribution in [2.45, 2.75) is 51.4 Å². The van der Waals surface area contributed by atoms with E-state index in [0.717, 1.165) is 0 Å². The summed E-state index contributed by atoms with van der Waals surface area (Å²) < 4.78 is 21.9. The van der Waals surface area contributed by atoms with Crippen LogP contribution in [-0.4, -0.2) is 34.1 Å². The van der Waals surface area contributed by atoms with Gasteiger partial charge >= 0.3 is 23.9 Å². The molecular weight excluding hydrogens is 568 g/mol. The Hall–Kier alpha value is -4.86. The van der Waals surface area contributed by atoms with Crippen molar-refractivity contribution >= 4 is 23.9 Å². The zero-order valence-corrected chi connectivity index (χ0v) is 24.1. The van der Waals surface area contributed by atoms with E-state index in [-0.39, 0.29) is 59.0 Å². The molecule has 0 radical (unpaired) electrons. The number of benzene rings is 3. The molecule has 0 bridgehead atoms. The summed E-state index contributed by atoms with van der Waals surface area (Å²) in [4.78, 5) is 50.4. The van der Waals surface area contributed by atoms with Gasteiger partial charge in [0.2, 0.25) is 0 Å². The summed E-state index contributed by atoms with van der Waals surface area (Å²) in [6.07, 6.45) is 4.03. The van der Waals surface area contributed by atoms with Crippen molar-refractivity contribution in [1.29, 1.82) is 0 Å². The van der Waals surface area contributed by atoms with Crippen LogP contribution in [0, 0.1) is 23.7 Å². The fourth-order valence-corrected chi connectivity index (χ4v) is 5.53. The van der Waals surface area contributed by atoms with Gasteiger partial charge in [-0.15, -0.1) is 0 Å². The summed E-state index contributed by atoms with van der Waals surface area (Å²) in [7, 11) is 0. The summed E-state index contributed by atoms with van der Waals surface area (Å²) >= 11 is 0. The predicted octanol–water partition coefficient (Wildman–Crippen LogP) is 5.73. The van der Waals surface area contributed by atoms with Crippen molar-refractivity contribution < 1.29 is 48.3 Å². The zero-order valence-electron chi connectivity index (χ0n) is 24.1. The summed E-state index contributed by atoms with van der Waals surface area (Å²) in [6, 6.07) is 18.1. The molecule has 230 valence electrons. The lowest BCUT2D eigenvalue weighted by Gasteiger charge is -2.26. The normalized spacial score (nSPS) is 21.5. The van der Waals surface area contributed by atoms with Crippen LogP contribution in [0.3, 0.4) is 0 Å². The minimum absolute atomic E-state index is 0.0863. The van der Waals surface area contributed by atoms with Gasteiger partial charge in [-0.25, -0.2) is 0 Å². The van der Waals surface area contributed by atoms with Crippen LogP contribution in [0.25, 0.3) is 0 Å². The number of aromatic hydroxyl groups is 2. The average molecular weight is 603 g/mol. The SMILES string of the molecule is O=C(Oc1ccc(O)cc1)C1CCC(C(=O)Oc2ccc(OC(=O)C3CCC(C(=O)Oc4ccc(O)cc4)CC3)cc2)CC1. The van der Waals surface area contributed by atoms with E-state index in [1.165, 1.54) is 48.5 Å². The number of rotatable bonds is 8. The quantitative estimate of drug-likeness (QED) is 0.242. The molecule has 0 atom stereocenters. The Morgan fingerprint density at radius 2 is 0.568 bits per heavy atom. The third-order valence-electron chi connectivity index (χ3n) is 8.16. The van der Waals surface area contributed by atoms with Crippen LogP contribution < -0.4 is 18.9 Å². The fourth-order valence-electron chi connectivity index (χ4n) is 5.53. The van der Waals surface area contributed by atoms with Crippen LogP contribution in [0.15, 0.2) is 72.8 Å². The Balaban J connectivity index is 1.02. The largest absolute Gasteiger partial charge is 0.508 e. The zero-order chi connectivity index (χ0) is 31.1. The second-order valence-electron chi connectivity index (χ2n) is 11.2. The molecule has 2 N–H and O–H groups in total. The van der Waals surface area contributed by atoms with E-state index in [9.17, 15) is 29.4 Å². The van der Waals surface area contributed by atoms with Gasteiger partial charge in [-0.2, -0.15) is 0 Å². The van der Waals surface area contributed by atoms with E-state index in [2.05, 4.69) is 0 Å². The highest BCUT2D eigenvalue weighted by Crippen LogP contribution is 2.33. The summed E-state index contributed by atoms with van der Waals surface area (Å²) in [5, 5.41) is 18.7. The standard InChI is InChI=1S/C34H34O10/c35-25-9-13-27(14-10-25)41-31(37)21-1-5-23(6-2-21)33(39)43-29-17-19-30(20-18-29)44-34(40)24-7-3-22(4-8-24)32(38)42-28-15-11-26(36)12-16-28/h9-24,35-36H,1-8H2. The van der Waals surface area contributed by atoms with Crippen LogP contribution in [0.5, 0.6) is 34.5 Å². The minimum Gasteiger partial charge on any atom is -0.508 e. The van der Waals surface area contributed by atoms with Gasteiger partial charge in [0.05, 0.1) is 23.7 Å². The Morgan fingerprint density at radius 3 is 0.773 bits per heavy atom. The molecule has 2 aliphatic rings. The van der Waals surface area contributed by atoms with Gasteiger partial charge in [-0.1, -0.05) is 0 Å². The number of carbonyl (C=O) groups excluding carboxylic acids is 4. The maximum Gasteiger partial charge on any atom is 0.314 e. The number of hydrogen-bond donors (Lipinski definition) is 2. The molecule has 3 aromatic carbocycles.